The largest absolute Gasteiger partial charge is 0.487 e. The Morgan fingerprint density at radius 1 is 0.879 bits per heavy atom. The van der Waals surface area contributed by atoms with Crippen molar-refractivity contribution in [2.45, 2.75) is 51.0 Å². The molecular weight excluding hydrogens is 570 g/mol. The van der Waals surface area contributed by atoms with Crippen LogP contribution in [-0.2, 0) is 16.2 Å². The van der Waals surface area contributed by atoms with Crippen LogP contribution >= 0.6 is 43.5 Å². The average molecular weight is 592 g/mol. The predicted molar refractivity (Wildman–Crippen MR) is 135 cm³/mol. The minimum Gasteiger partial charge on any atom is -0.487 e. The van der Waals surface area contributed by atoms with Crippen LogP contribution in [0.5, 0.6) is 5.75 Å². The van der Waals surface area contributed by atoms with E-state index in [9.17, 15) is 9.59 Å². The van der Waals surface area contributed by atoms with Gasteiger partial charge in [-0.1, -0.05) is 23.7 Å². The van der Waals surface area contributed by atoms with Gasteiger partial charge in [-0.15, -0.1) is 0 Å². The van der Waals surface area contributed by atoms with Crippen LogP contribution in [0.3, 0.4) is 0 Å². The molecule has 2 aromatic carbocycles. The van der Waals surface area contributed by atoms with Crippen molar-refractivity contribution < 1.29 is 14.3 Å². The maximum absolute atomic E-state index is 13.0. The first-order valence-electron chi connectivity index (χ1n) is 11.1. The van der Waals surface area contributed by atoms with Crippen LogP contribution in [0.25, 0.3) is 0 Å². The topological polar surface area (TPSA) is 55.4 Å². The van der Waals surface area contributed by atoms with Crippen molar-refractivity contribution in [3.8, 4) is 5.75 Å². The number of Topliss-reactive ketones (excluding diaryl/α,β-unsaturated/α-hetero) is 2. The van der Waals surface area contributed by atoms with Crippen LogP contribution < -0.4 is 10.1 Å². The highest BCUT2D eigenvalue weighted by Crippen LogP contribution is 2.47. The number of hydrogen-bond donors (Lipinski definition) is 1. The molecule has 0 atom stereocenters. The van der Waals surface area contributed by atoms with Crippen molar-refractivity contribution in [3.05, 3.63) is 84.0 Å². The van der Waals surface area contributed by atoms with Crippen LogP contribution in [0.1, 0.15) is 55.6 Å². The Morgan fingerprint density at radius 2 is 1.42 bits per heavy atom. The van der Waals surface area contributed by atoms with Gasteiger partial charge in [0.25, 0.3) is 0 Å². The number of ether oxygens (including phenoxy) is 1. The molecule has 0 saturated carbocycles. The fourth-order valence-electron chi connectivity index (χ4n) is 4.94. The van der Waals surface area contributed by atoms with Crippen LogP contribution in [-0.4, -0.2) is 11.6 Å². The Hall–Kier alpha value is -1.89. The summed E-state index contributed by atoms with van der Waals surface area (Å²) in [4.78, 5) is 26.0. The molecule has 4 nitrogen and oxygen atoms in total. The maximum Gasteiger partial charge on any atom is 0.161 e. The Kier molecular flexibility index (Phi) is 6.51. The SMILES string of the molecule is O=C1CCCC2=C1C(c1cc(Br)c(OCc3ccc(Cl)cc3)c(Br)c1)C1=C(CCCC1=O)N2. The van der Waals surface area contributed by atoms with E-state index in [-0.39, 0.29) is 17.5 Å². The highest BCUT2D eigenvalue weighted by molar-refractivity contribution is 9.11. The van der Waals surface area contributed by atoms with Gasteiger partial charge in [0, 0.05) is 46.3 Å². The molecule has 1 heterocycles. The van der Waals surface area contributed by atoms with Crippen molar-refractivity contribution >= 4 is 55.0 Å². The Morgan fingerprint density at radius 3 is 1.97 bits per heavy atom. The minimum absolute atomic E-state index is 0.133. The number of rotatable bonds is 4. The molecule has 1 aliphatic heterocycles. The van der Waals surface area contributed by atoms with Crippen molar-refractivity contribution in [2.75, 3.05) is 0 Å². The summed E-state index contributed by atoms with van der Waals surface area (Å²) in [6, 6.07) is 11.5. The molecule has 5 rings (SSSR count). The van der Waals surface area contributed by atoms with E-state index in [2.05, 4.69) is 37.2 Å². The lowest BCUT2D eigenvalue weighted by molar-refractivity contribution is -0.116. The van der Waals surface area contributed by atoms with Crippen LogP contribution in [0.2, 0.25) is 5.02 Å². The molecule has 3 aliphatic rings. The highest BCUT2D eigenvalue weighted by Gasteiger charge is 2.40. The van der Waals surface area contributed by atoms with E-state index in [0.717, 1.165) is 68.3 Å². The molecule has 2 aromatic rings. The van der Waals surface area contributed by atoms with E-state index in [1.165, 1.54) is 0 Å². The summed E-state index contributed by atoms with van der Waals surface area (Å²) in [5.41, 5.74) is 5.40. The maximum atomic E-state index is 13.0. The van der Waals surface area contributed by atoms with Gasteiger partial charge in [-0.2, -0.15) is 0 Å². The molecule has 170 valence electrons. The summed E-state index contributed by atoms with van der Waals surface area (Å²) in [6.45, 7) is 0.392. The monoisotopic (exact) mass is 589 g/mol. The van der Waals surface area contributed by atoms with Crippen LogP contribution in [0, 0.1) is 0 Å². The number of hydrogen-bond acceptors (Lipinski definition) is 4. The number of dihydropyridines is 1. The summed E-state index contributed by atoms with van der Waals surface area (Å²) in [6.07, 6.45) is 4.43. The average Bonchev–Trinajstić information content (AvgIpc) is 2.79. The third-order valence-electron chi connectivity index (χ3n) is 6.44. The lowest BCUT2D eigenvalue weighted by Crippen LogP contribution is -2.36. The zero-order valence-corrected chi connectivity index (χ0v) is 21.8. The summed E-state index contributed by atoms with van der Waals surface area (Å²) in [5, 5.41) is 4.15. The normalized spacial score (nSPS) is 18.8. The van der Waals surface area contributed by atoms with Crippen LogP contribution in [0.4, 0.5) is 0 Å². The first-order valence-corrected chi connectivity index (χ1v) is 13.0. The Bertz CT molecular complexity index is 1150. The predicted octanol–water partition coefficient (Wildman–Crippen LogP) is 7.15. The second-order valence-electron chi connectivity index (χ2n) is 8.62. The van der Waals surface area contributed by atoms with Crippen molar-refractivity contribution in [1.29, 1.82) is 0 Å². The Balaban J connectivity index is 1.52. The molecule has 0 radical (unpaired) electrons. The van der Waals surface area contributed by atoms with Crippen molar-refractivity contribution in [1.82, 2.24) is 5.32 Å². The smallest absolute Gasteiger partial charge is 0.161 e. The van der Waals surface area contributed by atoms with E-state index >= 15 is 0 Å². The number of benzene rings is 2. The molecule has 0 aromatic heterocycles. The molecule has 0 spiro atoms. The molecule has 0 saturated heterocycles. The van der Waals surface area contributed by atoms with Gasteiger partial charge in [0.2, 0.25) is 0 Å². The number of halogens is 3. The molecule has 33 heavy (non-hydrogen) atoms. The second kappa shape index (κ2) is 9.40. The van der Waals surface area contributed by atoms with Crippen molar-refractivity contribution in [3.63, 3.8) is 0 Å². The molecular formula is C26H22Br2ClNO3. The number of carbonyl (C=O) groups excluding carboxylic acids is 2. The van der Waals surface area contributed by atoms with E-state index in [0.29, 0.717) is 30.2 Å². The fraction of sp³-hybridized carbons (Fsp3) is 0.308. The molecule has 0 bridgehead atoms. The van der Waals surface area contributed by atoms with E-state index < -0.39 is 0 Å². The summed E-state index contributed by atoms with van der Waals surface area (Å²) < 4.78 is 7.63. The van der Waals surface area contributed by atoms with Gasteiger partial charge in [0.05, 0.1) is 8.95 Å². The van der Waals surface area contributed by atoms with Crippen molar-refractivity contribution in [2.24, 2.45) is 0 Å². The first kappa shape index (κ1) is 22.9. The van der Waals surface area contributed by atoms with E-state index in [1.807, 2.05) is 36.4 Å². The third kappa shape index (κ3) is 4.45. The van der Waals surface area contributed by atoms with Gasteiger partial charge in [0.1, 0.15) is 12.4 Å². The first-order chi connectivity index (χ1) is 15.9. The van der Waals surface area contributed by atoms with Gasteiger partial charge in [-0.3, -0.25) is 9.59 Å². The molecule has 0 amide bonds. The number of ketones is 2. The number of allylic oxidation sites excluding steroid dienone is 4. The van der Waals surface area contributed by atoms with Gasteiger partial charge >= 0.3 is 0 Å². The lowest BCUT2D eigenvalue weighted by Gasteiger charge is -2.37. The van der Waals surface area contributed by atoms with Crippen LogP contribution in [0.15, 0.2) is 67.9 Å². The molecule has 0 fully saturated rings. The fourth-order valence-corrected chi connectivity index (χ4v) is 6.51. The number of carbonyl (C=O) groups is 2. The van der Waals surface area contributed by atoms with E-state index in [1.54, 1.807) is 0 Å². The zero-order chi connectivity index (χ0) is 23.1. The quantitative estimate of drug-likeness (QED) is 0.411. The number of nitrogens with one attached hydrogen (secondary N) is 1. The van der Waals surface area contributed by atoms with Gasteiger partial charge < -0.3 is 10.1 Å². The van der Waals surface area contributed by atoms with E-state index in [4.69, 9.17) is 16.3 Å². The Labute approximate surface area is 214 Å². The second-order valence-corrected chi connectivity index (χ2v) is 10.8. The molecule has 1 N–H and O–H groups in total. The van der Waals surface area contributed by atoms with Gasteiger partial charge in [-0.05, 0) is 92.9 Å². The standard InChI is InChI=1S/C26H22Br2ClNO3/c27-17-11-15(12-18(28)26(17)33-13-14-7-9-16(29)10-8-14)23-24-19(3-1-5-21(24)31)30-20-4-2-6-22(32)25(20)23/h7-12,23,30H,1-6,13H2. The highest BCUT2D eigenvalue weighted by atomic mass is 79.9. The molecule has 7 heteroatoms. The van der Waals surface area contributed by atoms with Gasteiger partial charge in [-0.25, -0.2) is 0 Å². The van der Waals surface area contributed by atoms with Gasteiger partial charge in [0.15, 0.2) is 11.6 Å². The summed E-state index contributed by atoms with van der Waals surface area (Å²) in [5.74, 6) is 0.605. The summed E-state index contributed by atoms with van der Waals surface area (Å²) in [7, 11) is 0. The summed E-state index contributed by atoms with van der Waals surface area (Å²) >= 11 is 13.3. The molecule has 0 unspecified atom stereocenters. The zero-order valence-electron chi connectivity index (χ0n) is 17.8. The molecule has 2 aliphatic carbocycles. The lowest BCUT2D eigenvalue weighted by atomic mass is 9.71. The third-order valence-corrected chi connectivity index (χ3v) is 7.87. The minimum atomic E-state index is -0.338.